The number of aromatic nitrogens is 3. The molecule has 6 heteroatoms. The van der Waals surface area contributed by atoms with Crippen molar-refractivity contribution in [3.8, 4) is 0 Å². The summed E-state index contributed by atoms with van der Waals surface area (Å²) < 4.78 is 1.63. The van der Waals surface area contributed by atoms with Crippen LogP contribution in [0.3, 0.4) is 0 Å². The average molecular weight is 279 g/mol. The molecule has 4 aromatic rings. The molecule has 0 saturated carbocycles. The lowest BCUT2D eigenvalue weighted by atomic mass is 10.2. The van der Waals surface area contributed by atoms with E-state index in [4.69, 9.17) is 5.11 Å². The van der Waals surface area contributed by atoms with Gasteiger partial charge in [-0.15, -0.1) is 0 Å². The zero-order valence-corrected chi connectivity index (χ0v) is 10.7. The molecule has 0 aliphatic heterocycles. The third kappa shape index (κ3) is 1.50. The van der Waals surface area contributed by atoms with E-state index in [2.05, 4.69) is 9.97 Å². The van der Waals surface area contributed by atoms with Crippen LogP contribution in [-0.4, -0.2) is 25.4 Å². The number of aliphatic carboxylic acids is 1. The number of aromatic amines is 1. The minimum Gasteiger partial charge on any atom is -0.478 e. The van der Waals surface area contributed by atoms with Crippen LogP contribution in [0.1, 0.15) is 0 Å². The molecule has 0 unspecified atom stereocenters. The summed E-state index contributed by atoms with van der Waals surface area (Å²) in [5.41, 5.74) is 1.21. The molecule has 0 aliphatic carbocycles. The first-order valence-corrected chi connectivity index (χ1v) is 6.31. The summed E-state index contributed by atoms with van der Waals surface area (Å²) in [6, 6.07) is 7.38. The van der Waals surface area contributed by atoms with Crippen molar-refractivity contribution in [2.24, 2.45) is 0 Å². The Bertz CT molecular complexity index is 1140. The van der Waals surface area contributed by atoms with Crippen LogP contribution in [0.15, 0.2) is 41.5 Å². The molecule has 0 fully saturated rings. The smallest absolute Gasteiger partial charge is 0.329 e. The number of nitrogens with zero attached hydrogens (tertiary/aromatic N) is 2. The van der Waals surface area contributed by atoms with Gasteiger partial charge < -0.3 is 10.1 Å². The monoisotopic (exact) mass is 279 g/mol. The molecule has 0 saturated heterocycles. The zero-order valence-electron chi connectivity index (χ0n) is 10.7. The molecule has 21 heavy (non-hydrogen) atoms. The lowest BCUT2D eigenvalue weighted by Gasteiger charge is -1.97. The second-order valence-electron chi connectivity index (χ2n) is 4.74. The first kappa shape index (κ1) is 11.7. The largest absolute Gasteiger partial charge is 0.478 e. The van der Waals surface area contributed by atoms with Gasteiger partial charge >= 0.3 is 5.97 Å². The molecule has 2 aromatic heterocycles. The summed E-state index contributed by atoms with van der Waals surface area (Å²) in [5, 5.41) is 11.3. The van der Waals surface area contributed by atoms with Crippen LogP contribution in [0.2, 0.25) is 0 Å². The van der Waals surface area contributed by atoms with Gasteiger partial charge in [0, 0.05) is 29.1 Å². The maximum atomic E-state index is 12.1. The van der Waals surface area contributed by atoms with Gasteiger partial charge in [-0.1, -0.05) is 24.3 Å². The van der Waals surface area contributed by atoms with Crippen LogP contribution < -0.4 is 10.8 Å². The van der Waals surface area contributed by atoms with E-state index in [0.29, 0.717) is 16.3 Å². The third-order valence-electron chi connectivity index (χ3n) is 3.57. The Balaban J connectivity index is 2.46. The summed E-state index contributed by atoms with van der Waals surface area (Å²) in [6.07, 6.45) is 4.33. The number of nitrogens with one attached hydrogen (secondary N) is 1. The molecule has 102 valence electrons. The molecule has 0 bridgehead atoms. The normalized spacial score (nSPS) is 12.7. The fourth-order valence-electron chi connectivity index (χ4n) is 2.79. The topological polar surface area (TPSA) is 87.5 Å². The predicted molar refractivity (Wildman–Crippen MR) is 78.1 cm³/mol. The van der Waals surface area contributed by atoms with E-state index < -0.39 is 5.97 Å². The van der Waals surface area contributed by atoms with Crippen LogP contribution >= 0.6 is 0 Å². The van der Waals surface area contributed by atoms with E-state index in [0.717, 1.165) is 16.8 Å². The second kappa shape index (κ2) is 3.92. The van der Waals surface area contributed by atoms with E-state index in [1.165, 1.54) is 6.20 Å². The lowest BCUT2D eigenvalue weighted by Crippen LogP contribution is -2.13. The summed E-state index contributed by atoms with van der Waals surface area (Å²) in [6.45, 7) is 0. The first-order valence-electron chi connectivity index (χ1n) is 6.31. The molecule has 0 radical (unpaired) electrons. The SMILES string of the molecule is O=C(O)C=c1c2ccccc2c2[nH]c(=O)c3nccn3c12. The van der Waals surface area contributed by atoms with E-state index in [9.17, 15) is 9.59 Å². The molecule has 0 amide bonds. The average Bonchev–Trinajstić information content (AvgIpc) is 3.04. The van der Waals surface area contributed by atoms with Gasteiger partial charge in [0.05, 0.1) is 11.0 Å². The number of rotatable bonds is 1. The fraction of sp³-hybridized carbons (Fsp3) is 0. The van der Waals surface area contributed by atoms with Crippen LogP contribution in [0.25, 0.3) is 33.5 Å². The summed E-state index contributed by atoms with van der Waals surface area (Å²) in [5.74, 6) is -1.04. The van der Waals surface area contributed by atoms with Gasteiger partial charge in [0.15, 0.2) is 0 Å². The molecule has 4 rings (SSSR count). The highest BCUT2D eigenvalue weighted by Gasteiger charge is 2.13. The Labute approximate surface area is 116 Å². The Hall–Kier alpha value is -3.15. The van der Waals surface area contributed by atoms with Gasteiger partial charge in [-0.05, 0) is 5.39 Å². The number of H-pyrrole nitrogens is 1. The second-order valence-corrected chi connectivity index (χ2v) is 4.74. The van der Waals surface area contributed by atoms with Gasteiger partial charge in [0.25, 0.3) is 5.56 Å². The number of fused-ring (bicyclic) bond motifs is 5. The number of hydrogen-bond donors (Lipinski definition) is 2. The van der Waals surface area contributed by atoms with E-state index in [1.807, 2.05) is 24.3 Å². The maximum absolute atomic E-state index is 12.1. The van der Waals surface area contributed by atoms with Crippen molar-refractivity contribution in [3.05, 3.63) is 52.2 Å². The molecule has 0 atom stereocenters. The molecule has 6 nitrogen and oxygen atoms in total. The summed E-state index contributed by atoms with van der Waals surface area (Å²) in [7, 11) is 0. The molecule has 0 aliphatic rings. The molecule has 2 N–H and O–H groups in total. The number of benzene rings is 1. The number of hydrogen-bond acceptors (Lipinski definition) is 3. The van der Waals surface area contributed by atoms with Crippen LogP contribution in [-0.2, 0) is 4.79 Å². The van der Waals surface area contributed by atoms with Crippen molar-refractivity contribution in [2.45, 2.75) is 0 Å². The van der Waals surface area contributed by atoms with Gasteiger partial charge in [-0.2, -0.15) is 0 Å². The van der Waals surface area contributed by atoms with Crippen molar-refractivity contribution >= 4 is 39.5 Å². The molecule has 2 heterocycles. The highest BCUT2D eigenvalue weighted by atomic mass is 16.4. The first-order chi connectivity index (χ1) is 10.2. The van der Waals surface area contributed by atoms with Gasteiger partial charge in [0.1, 0.15) is 0 Å². The standard InChI is InChI=1S/C15H9N3O3/c19-11(20)7-10-8-3-1-2-4-9(8)12-13(10)18-6-5-16-14(18)15(21)17-12/h1-7H,(H,17,21)(H,19,20). The minimum absolute atomic E-state index is 0.248. The Morgan fingerprint density at radius 1 is 1.29 bits per heavy atom. The van der Waals surface area contributed by atoms with E-state index in [1.54, 1.807) is 10.6 Å². The van der Waals surface area contributed by atoms with Crippen LogP contribution in [0.4, 0.5) is 0 Å². The quantitative estimate of drug-likeness (QED) is 0.542. The van der Waals surface area contributed by atoms with Crippen molar-refractivity contribution in [1.82, 2.24) is 14.4 Å². The van der Waals surface area contributed by atoms with Gasteiger partial charge in [-0.25, -0.2) is 9.78 Å². The van der Waals surface area contributed by atoms with Crippen molar-refractivity contribution < 1.29 is 9.90 Å². The Kier molecular flexibility index (Phi) is 2.18. The van der Waals surface area contributed by atoms with Crippen molar-refractivity contribution in [1.29, 1.82) is 0 Å². The molecular formula is C15H9N3O3. The number of carboxylic acids is 1. The highest BCUT2D eigenvalue weighted by Crippen LogP contribution is 2.21. The summed E-state index contributed by atoms with van der Waals surface area (Å²) >= 11 is 0. The number of imidazole rings is 1. The zero-order chi connectivity index (χ0) is 14.6. The Morgan fingerprint density at radius 2 is 2.05 bits per heavy atom. The van der Waals surface area contributed by atoms with Crippen LogP contribution in [0.5, 0.6) is 0 Å². The number of carboxylic acid groups (broad SMARTS) is 1. The van der Waals surface area contributed by atoms with E-state index >= 15 is 0 Å². The van der Waals surface area contributed by atoms with E-state index in [-0.39, 0.29) is 11.2 Å². The minimum atomic E-state index is -1.04. The number of carbonyl (C=O) groups is 1. The highest BCUT2D eigenvalue weighted by molar-refractivity contribution is 6.13. The predicted octanol–water partition coefficient (Wildman–Crippen LogP) is 0.913. The third-order valence-corrected chi connectivity index (χ3v) is 3.57. The lowest BCUT2D eigenvalue weighted by molar-refractivity contribution is -0.129. The van der Waals surface area contributed by atoms with Crippen molar-refractivity contribution in [3.63, 3.8) is 0 Å². The molecule has 2 aromatic carbocycles. The van der Waals surface area contributed by atoms with Crippen molar-refractivity contribution in [2.75, 3.05) is 0 Å². The maximum Gasteiger partial charge on any atom is 0.329 e. The van der Waals surface area contributed by atoms with Crippen LogP contribution in [0, 0.1) is 0 Å². The summed E-state index contributed by atoms with van der Waals surface area (Å²) in [4.78, 5) is 30.0. The molecule has 0 spiro atoms. The molecular weight excluding hydrogens is 270 g/mol. The van der Waals surface area contributed by atoms with Gasteiger partial charge in [-0.3, -0.25) is 9.20 Å². The van der Waals surface area contributed by atoms with Gasteiger partial charge in [0.2, 0.25) is 5.65 Å². The Morgan fingerprint density at radius 3 is 2.81 bits per heavy atom. The fourth-order valence-corrected chi connectivity index (χ4v) is 2.79.